The van der Waals surface area contributed by atoms with Gasteiger partial charge in [-0.1, -0.05) is 18.6 Å². The highest BCUT2D eigenvalue weighted by atomic mass is 16.4. The number of carbonyl (C=O) groups excluding carboxylic acids is 1. The molecule has 2 aromatic heterocycles. The molecule has 0 saturated carbocycles. The Labute approximate surface area is 152 Å². The van der Waals surface area contributed by atoms with Crippen LogP contribution in [0, 0.1) is 0 Å². The van der Waals surface area contributed by atoms with E-state index in [-0.39, 0.29) is 5.91 Å². The van der Waals surface area contributed by atoms with Gasteiger partial charge in [-0.05, 0) is 50.2 Å². The fourth-order valence-corrected chi connectivity index (χ4v) is 3.48. The van der Waals surface area contributed by atoms with Gasteiger partial charge in [0.2, 0.25) is 0 Å². The summed E-state index contributed by atoms with van der Waals surface area (Å²) < 4.78 is 5.80. The third-order valence-corrected chi connectivity index (χ3v) is 4.87. The van der Waals surface area contributed by atoms with Crippen LogP contribution in [0.15, 0.2) is 40.8 Å². The van der Waals surface area contributed by atoms with Crippen molar-refractivity contribution < 1.29 is 9.21 Å². The molecule has 3 aromatic rings. The average molecular weight is 352 g/mol. The zero-order valence-corrected chi connectivity index (χ0v) is 15.1. The van der Waals surface area contributed by atoms with E-state index in [1.54, 1.807) is 18.0 Å². The summed E-state index contributed by atoms with van der Waals surface area (Å²) in [6.07, 6.45) is 3.80. The molecule has 1 aromatic carbocycles. The molecular formula is C20H24N4O2. The smallest absolute Gasteiger partial charge is 0.289 e. The number of hydrogen-bond donors (Lipinski definition) is 1. The molecule has 0 unspecified atom stereocenters. The van der Waals surface area contributed by atoms with Crippen molar-refractivity contribution in [1.29, 1.82) is 0 Å². The number of carbonyl (C=O) groups is 1. The summed E-state index contributed by atoms with van der Waals surface area (Å²) in [4.78, 5) is 24.4. The van der Waals surface area contributed by atoms with E-state index in [1.807, 2.05) is 30.3 Å². The van der Waals surface area contributed by atoms with Crippen molar-refractivity contribution in [2.75, 3.05) is 20.1 Å². The van der Waals surface area contributed by atoms with E-state index in [1.165, 1.54) is 19.3 Å². The van der Waals surface area contributed by atoms with E-state index in [9.17, 15) is 4.79 Å². The molecule has 1 saturated heterocycles. The normalized spacial score (nSPS) is 15.4. The van der Waals surface area contributed by atoms with E-state index >= 15 is 0 Å². The summed E-state index contributed by atoms with van der Waals surface area (Å²) in [5.41, 5.74) is 1.88. The quantitative estimate of drug-likeness (QED) is 0.764. The summed E-state index contributed by atoms with van der Waals surface area (Å²) in [5, 5.41) is 0. The van der Waals surface area contributed by atoms with Gasteiger partial charge in [0.05, 0.1) is 24.1 Å². The fraction of sp³-hybridized carbons (Fsp3) is 0.400. The minimum Gasteiger partial charge on any atom is -0.455 e. The summed E-state index contributed by atoms with van der Waals surface area (Å²) in [6, 6.07) is 11.5. The minimum absolute atomic E-state index is 0.129. The SMILES string of the molecule is CN(Cc1nc2ccccc2[nH]1)C(=O)c1ccc(CN2CCCCC2)o1. The van der Waals surface area contributed by atoms with Crippen molar-refractivity contribution in [2.45, 2.75) is 32.4 Å². The van der Waals surface area contributed by atoms with Gasteiger partial charge in [-0.2, -0.15) is 0 Å². The molecule has 3 heterocycles. The van der Waals surface area contributed by atoms with E-state index in [2.05, 4.69) is 14.9 Å². The molecular weight excluding hydrogens is 328 g/mol. The van der Waals surface area contributed by atoms with Crippen LogP contribution >= 0.6 is 0 Å². The number of para-hydroxylation sites is 2. The molecule has 0 bridgehead atoms. The molecule has 6 nitrogen and oxygen atoms in total. The molecule has 1 aliphatic rings. The number of aromatic amines is 1. The van der Waals surface area contributed by atoms with Gasteiger partial charge in [0.15, 0.2) is 5.76 Å². The first kappa shape index (κ1) is 16.8. The number of rotatable bonds is 5. The number of nitrogens with one attached hydrogen (secondary N) is 1. The van der Waals surface area contributed by atoms with Crippen LogP contribution in [-0.2, 0) is 13.1 Å². The van der Waals surface area contributed by atoms with Crippen LogP contribution in [0.2, 0.25) is 0 Å². The van der Waals surface area contributed by atoms with Crippen molar-refractivity contribution in [3.63, 3.8) is 0 Å². The van der Waals surface area contributed by atoms with Crippen LogP contribution in [0.5, 0.6) is 0 Å². The lowest BCUT2D eigenvalue weighted by atomic mass is 10.1. The summed E-state index contributed by atoms with van der Waals surface area (Å²) in [5.74, 6) is 1.88. The number of nitrogens with zero attached hydrogens (tertiary/aromatic N) is 3. The van der Waals surface area contributed by atoms with Crippen LogP contribution in [0.25, 0.3) is 11.0 Å². The van der Waals surface area contributed by atoms with Gasteiger partial charge in [0.1, 0.15) is 11.6 Å². The fourth-order valence-electron chi connectivity index (χ4n) is 3.48. The number of aromatic nitrogens is 2. The van der Waals surface area contributed by atoms with Crippen molar-refractivity contribution in [2.24, 2.45) is 0 Å². The highest BCUT2D eigenvalue weighted by Gasteiger charge is 2.19. The van der Waals surface area contributed by atoms with Gasteiger partial charge in [0, 0.05) is 7.05 Å². The Kier molecular flexibility index (Phi) is 4.75. The van der Waals surface area contributed by atoms with Gasteiger partial charge in [-0.3, -0.25) is 9.69 Å². The number of amides is 1. The van der Waals surface area contributed by atoms with Gasteiger partial charge in [0.25, 0.3) is 5.91 Å². The molecule has 1 amide bonds. The third kappa shape index (κ3) is 3.65. The minimum atomic E-state index is -0.129. The second-order valence-corrected chi connectivity index (χ2v) is 6.96. The van der Waals surface area contributed by atoms with Gasteiger partial charge in [-0.15, -0.1) is 0 Å². The van der Waals surface area contributed by atoms with E-state index in [4.69, 9.17) is 4.42 Å². The Hall–Kier alpha value is -2.60. The molecule has 0 aliphatic carbocycles. The maximum atomic E-state index is 12.6. The van der Waals surface area contributed by atoms with Crippen molar-refractivity contribution in [3.05, 3.63) is 53.7 Å². The summed E-state index contributed by atoms with van der Waals surface area (Å²) >= 11 is 0. The number of piperidine rings is 1. The van der Waals surface area contributed by atoms with E-state index < -0.39 is 0 Å². The maximum Gasteiger partial charge on any atom is 0.289 e. The largest absolute Gasteiger partial charge is 0.455 e. The highest BCUT2D eigenvalue weighted by Crippen LogP contribution is 2.17. The standard InChI is InChI=1S/C20H24N4O2/c1-23(14-19-21-16-7-3-4-8-17(16)22-19)20(25)18-10-9-15(26-18)13-24-11-5-2-6-12-24/h3-4,7-10H,2,5-6,11-14H2,1H3,(H,21,22). The number of likely N-dealkylation sites (tertiary alicyclic amines) is 1. The van der Waals surface area contributed by atoms with Crippen LogP contribution in [0.1, 0.15) is 41.4 Å². The maximum absolute atomic E-state index is 12.6. The molecule has 1 N–H and O–H groups in total. The van der Waals surface area contributed by atoms with Gasteiger partial charge >= 0.3 is 0 Å². The second kappa shape index (κ2) is 7.33. The second-order valence-electron chi connectivity index (χ2n) is 6.96. The number of imidazole rings is 1. The molecule has 0 spiro atoms. The van der Waals surface area contributed by atoms with E-state index in [0.717, 1.165) is 42.3 Å². The number of fused-ring (bicyclic) bond motifs is 1. The lowest BCUT2D eigenvalue weighted by molar-refractivity contribution is 0.0745. The first-order valence-electron chi connectivity index (χ1n) is 9.19. The Bertz CT molecular complexity index is 859. The number of benzene rings is 1. The van der Waals surface area contributed by atoms with Crippen LogP contribution in [-0.4, -0.2) is 45.8 Å². The Morgan fingerprint density at radius 2 is 2.00 bits per heavy atom. The molecule has 0 radical (unpaired) electrons. The molecule has 136 valence electrons. The first-order chi connectivity index (χ1) is 12.7. The van der Waals surface area contributed by atoms with Gasteiger partial charge in [-0.25, -0.2) is 4.98 Å². The van der Waals surface area contributed by atoms with Crippen LogP contribution in [0.3, 0.4) is 0 Å². The third-order valence-electron chi connectivity index (χ3n) is 4.87. The van der Waals surface area contributed by atoms with E-state index in [0.29, 0.717) is 12.3 Å². The van der Waals surface area contributed by atoms with Crippen LogP contribution < -0.4 is 0 Å². The lowest BCUT2D eigenvalue weighted by Crippen LogP contribution is -2.29. The topological polar surface area (TPSA) is 65.4 Å². The van der Waals surface area contributed by atoms with Gasteiger partial charge < -0.3 is 14.3 Å². The first-order valence-corrected chi connectivity index (χ1v) is 9.19. The molecule has 26 heavy (non-hydrogen) atoms. The number of H-pyrrole nitrogens is 1. The zero-order chi connectivity index (χ0) is 17.9. The predicted molar refractivity (Wildman–Crippen MR) is 99.7 cm³/mol. The predicted octanol–water partition coefficient (Wildman–Crippen LogP) is 3.41. The molecule has 1 fully saturated rings. The molecule has 4 rings (SSSR count). The van der Waals surface area contributed by atoms with Crippen molar-refractivity contribution in [3.8, 4) is 0 Å². The highest BCUT2D eigenvalue weighted by molar-refractivity contribution is 5.91. The molecule has 0 atom stereocenters. The lowest BCUT2D eigenvalue weighted by Gasteiger charge is -2.25. The number of furan rings is 1. The molecule has 1 aliphatic heterocycles. The summed E-state index contributed by atoms with van der Waals surface area (Å²) in [6.45, 7) is 3.40. The average Bonchev–Trinajstić information content (AvgIpc) is 3.28. The summed E-state index contributed by atoms with van der Waals surface area (Å²) in [7, 11) is 1.77. The monoisotopic (exact) mass is 352 g/mol. The number of hydrogen-bond acceptors (Lipinski definition) is 4. The Morgan fingerprint density at radius 3 is 2.81 bits per heavy atom. The zero-order valence-electron chi connectivity index (χ0n) is 15.1. The Balaban J connectivity index is 1.40. The molecule has 6 heteroatoms. The Morgan fingerprint density at radius 1 is 1.19 bits per heavy atom. The van der Waals surface area contributed by atoms with Crippen LogP contribution in [0.4, 0.5) is 0 Å². The van der Waals surface area contributed by atoms with Crippen molar-refractivity contribution >= 4 is 16.9 Å². The van der Waals surface area contributed by atoms with Crippen molar-refractivity contribution in [1.82, 2.24) is 19.8 Å².